The van der Waals surface area contributed by atoms with E-state index in [1.165, 1.54) is 35.5 Å². The summed E-state index contributed by atoms with van der Waals surface area (Å²) in [6, 6.07) is 5.78. The molecule has 0 spiro atoms. The first-order valence-corrected chi connectivity index (χ1v) is 10.0. The van der Waals surface area contributed by atoms with E-state index in [4.69, 9.17) is 17.0 Å². The average Bonchev–Trinajstić information content (AvgIpc) is 2.65. The number of morpholine rings is 1. The van der Waals surface area contributed by atoms with Gasteiger partial charge in [0.05, 0.1) is 29.0 Å². The summed E-state index contributed by atoms with van der Waals surface area (Å²) in [5.74, 6) is -0.598. The van der Waals surface area contributed by atoms with Crippen molar-refractivity contribution in [3.8, 4) is 0 Å². The molecule has 1 aromatic rings. The van der Waals surface area contributed by atoms with Crippen molar-refractivity contribution in [3.63, 3.8) is 0 Å². The van der Waals surface area contributed by atoms with Crippen LogP contribution in [-0.4, -0.2) is 75.7 Å². The molecule has 1 fully saturated rings. The minimum Gasteiger partial charge on any atom is -0.378 e. The highest BCUT2D eigenvalue weighted by Gasteiger charge is 2.25. The highest BCUT2D eigenvalue weighted by molar-refractivity contribution is 7.90. The Balaban J connectivity index is 2.11. The minimum atomic E-state index is -3.78. The minimum absolute atomic E-state index is 0.0376. The van der Waals surface area contributed by atoms with E-state index in [-0.39, 0.29) is 10.7 Å². The van der Waals surface area contributed by atoms with Crippen molar-refractivity contribution in [2.45, 2.75) is 11.8 Å². The van der Waals surface area contributed by atoms with Gasteiger partial charge in [0.1, 0.15) is 6.34 Å². The van der Waals surface area contributed by atoms with Crippen molar-refractivity contribution in [1.29, 1.82) is 0 Å². The van der Waals surface area contributed by atoms with Crippen LogP contribution in [0, 0.1) is 5.92 Å². The molecule has 2 rings (SSSR count). The highest BCUT2D eigenvalue weighted by Crippen LogP contribution is 2.18. The summed E-state index contributed by atoms with van der Waals surface area (Å²) in [6.45, 7) is 4.32. The van der Waals surface area contributed by atoms with Crippen molar-refractivity contribution in [3.05, 3.63) is 29.8 Å². The van der Waals surface area contributed by atoms with Crippen LogP contribution < -0.4 is 0 Å². The number of carbonyl (C=O) groups is 1. The van der Waals surface area contributed by atoms with E-state index in [1.54, 1.807) is 21.0 Å². The van der Waals surface area contributed by atoms with Gasteiger partial charge in [-0.25, -0.2) is 0 Å². The lowest BCUT2D eigenvalue weighted by atomic mass is 9.98. The van der Waals surface area contributed by atoms with E-state index in [2.05, 4.69) is 4.40 Å². The van der Waals surface area contributed by atoms with Crippen LogP contribution >= 0.6 is 12.2 Å². The predicted molar refractivity (Wildman–Crippen MR) is 104 cm³/mol. The van der Waals surface area contributed by atoms with Crippen LogP contribution in [-0.2, 0) is 14.8 Å². The largest absolute Gasteiger partial charge is 0.378 e. The molecule has 1 atom stereocenters. The summed E-state index contributed by atoms with van der Waals surface area (Å²) >= 11 is 5.45. The van der Waals surface area contributed by atoms with Crippen LogP contribution in [0.25, 0.3) is 0 Å². The van der Waals surface area contributed by atoms with Gasteiger partial charge < -0.3 is 14.5 Å². The Morgan fingerprint density at radius 2 is 1.85 bits per heavy atom. The number of sulfonamides is 1. The molecular formula is C17H23N3O4S2. The molecule has 1 unspecified atom stereocenters. The fourth-order valence-corrected chi connectivity index (χ4v) is 3.63. The van der Waals surface area contributed by atoms with E-state index < -0.39 is 15.9 Å². The topological polar surface area (TPSA) is 79.3 Å². The fraction of sp³-hybridized carbons (Fsp3) is 0.471. The lowest BCUT2D eigenvalue weighted by Gasteiger charge is -2.31. The molecule has 1 aliphatic heterocycles. The van der Waals surface area contributed by atoms with Crippen LogP contribution in [0.2, 0.25) is 0 Å². The zero-order valence-electron chi connectivity index (χ0n) is 15.1. The van der Waals surface area contributed by atoms with Crippen molar-refractivity contribution >= 4 is 39.4 Å². The Labute approximate surface area is 159 Å². The molecule has 142 valence electrons. The molecule has 0 amide bonds. The summed E-state index contributed by atoms with van der Waals surface area (Å²) in [6.07, 6.45) is 1.22. The van der Waals surface area contributed by atoms with Crippen molar-refractivity contribution in [1.82, 2.24) is 9.80 Å². The number of ketones is 1. The molecule has 7 nitrogen and oxygen atoms in total. The summed E-state index contributed by atoms with van der Waals surface area (Å²) in [5.41, 5.74) is 0.420. The smallest absolute Gasteiger partial charge is 0.283 e. The van der Waals surface area contributed by atoms with E-state index >= 15 is 0 Å². The molecule has 0 aliphatic carbocycles. The molecule has 0 saturated carbocycles. The van der Waals surface area contributed by atoms with Crippen LogP contribution in [0.3, 0.4) is 0 Å². The number of ether oxygens (including phenoxy) is 1. The Bertz CT molecular complexity index is 783. The monoisotopic (exact) mass is 397 g/mol. The van der Waals surface area contributed by atoms with Gasteiger partial charge in [-0.05, 0) is 19.1 Å². The fourth-order valence-electron chi connectivity index (χ4n) is 2.43. The average molecular weight is 398 g/mol. The third kappa shape index (κ3) is 5.09. The van der Waals surface area contributed by atoms with Gasteiger partial charge >= 0.3 is 0 Å². The van der Waals surface area contributed by atoms with Crippen LogP contribution in [0.5, 0.6) is 0 Å². The Hall–Kier alpha value is -1.84. The molecule has 9 heteroatoms. The van der Waals surface area contributed by atoms with Crippen LogP contribution in [0.1, 0.15) is 17.3 Å². The van der Waals surface area contributed by atoms with Crippen LogP contribution in [0.15, 0.2) is 33.6 Å². The van der Waals surface area contributed by atoms with Crippen molar-refractivity contribution in [2.75, 3.05) is 40.4 Å². The first-order chi connectivity index (χ1) is 12.2. The lowest BCUT2D eigenvalue weighted by Crippen LogP contribution is -2.43. The van der Waals surface area contributed by atoms with Gasteiger partial charge in [0, 0.05) is 32.7 Å². The zero-order chi connectivity index (χ0) is 19.3. The normalized spacial score (nSPS) is 16.5. The summed E-state index contributed by atoms with van der Waals surface area (Å²) in [4.78, 5) is 16.8. The molecule has 1 heterocycles. The maximum Gasteiger partial charge on any atom is 0.283 e. The first-order valence-electron chi connectivity index (χ1n) is 8.20. The Kier molecular flexibility index (Phi) is 6.85. The molecule has 26 heavy (non-hydrogen) atoms. The predicted octanol–water partition coefficient (Wildman–Crippen LogP) is 1.44. The third-order valence-electron chi connectivity index (χ3n) is 3.94. The lowest BCUT2D eigenvalue weighted by molar-refractivity contribution is 0.0663. The standard InChI is InChI=1S/C17H23N3O4S2/c1-13(17(25)20-8-10-24-11-9-20)16(21)14-4-6-15(7-5-14)26(22,23)18-12-19(2)3/h4-7,12-13H,8-11H2,1-3H3. The van der Waals surface area contributed by atoms with E-state index in [9.17, 15) is 13.2 Å². The number of carbonyl (C=O) groups excluding carboxylic acids is 1. The first kappa shape index (κ1) is 20.5. The molecule has 0 radical (unpaired) electrons. The van der Waals surface area contributed by atoms with Gasteiger partial charge in [-0.15, -0.1) is 4.40 Å². The number of nitrogens with zero attached hydrogens (tertiary/aromatic N) is 3. The number of benzene rings is 1. The second-order valence-electron chi connectivity index (χ2n) is 6.21. The maximum atomic E-state index is 12.7. The van der Waals surface area contributed by atoms with E-state index in [0.717, 1.165) is 0 Å². The van der Waals surface area contributed by atoms with Gasteiger partial charge in [-0.2, -0.15) is 8.42 Å². The molecule has 1 aliphatic rings. The molecule has 1 aromatic carbocycles. The van der Waals surface area contributed by atoms with Gasteiger partial charge in [0.15, 0.2) is 5.78 Å². The van der Waals surface area contributed by atoms with E-state index in [1.807, 2.05) is 4.90 Å². The quantitative estimate of drug-likeness (QED) is 0.311. The SMILES string of the molecule is CC(C(=O)c1ccc(S(=O)(=O)N=CN(C)C)cc1)C(=S)N1CCOCC1. The molecule has 0 bridgehead atoms. The summed E-state index contributed by atoms with van der Waals surface area (Å²) in [7, 11) is -0.423. The van der Waals surface area contributed by atoms with Gasteiger partial charge in [0.25, 0.3) is 10.0 Å². The van der Waals surface area contributed by atoms with Crippen molar-refractivity contribution in [2.24, 2.45) is 10.3 Å². The van der Waals surface area contributed by atoms with E-state index in [0.29, 0.717) is 36.9 Å². The number of Topliss-reactive ketones (excluding diaryl/α,β-unsaturated/α-hetero) is 1. The second-order valence-corrected chi connectivity index (χ2v) is 8.26. The third-order valence-corrected chi connectivity index (χ3v) is 5.79. The maximum absolute atomic E-state index is 12.7. The Morgan fingerprint density at radius 3 is 2.38 bits per heavy atom. The molecule has 1 saturated heterocycles. The summed E-state index contributed by atoms with van der Waals surface area (Å²) < 4.78 is 33.1. The number of hydrogen-bond acceptors (Lipinski definition) is 5. The number of rotatable bonds is 6. The summed E-state index contributed by atoms with van der Waals surface area (Å²) in [5, 5.41) is 0. The highest BCUT2D eigenvalue weighted by atomic mass is 32.2. The van der Waals surface area contributed by atoms with Gasteiger partial charge in [-0.3, -0.25) is 4.79 Å². The van der Waals surface area contributed by atoms with Crippen molar-refractivity contribution < 1.29 is 17.9 Å². The molecular weight excluding hydrogens is 374 g/mol. The zero-order valence-corrected chi connectivity index (χ0v) is 16.7. The number of hydrogen-bond donors (Lipinski definition) is 0. The van der Waals surface area contributed by atoms with Gasteiger partial charge in [0.2, 0.25) is 0 Å². The second kappa shape index (κ2) is 8.70. The van der Waals surface area contributed by atoms with Crippen LogP contribution in [0.4, 0.5) is 0 Å². The molecule has 0 aromatic heterocycles. The van der Waals surface area contributed by atoms with Gasteiger partial charge in [-0.1, -0.05) is 24.4 Å². The Morgan fingerprint density at radius 1 is 1.27 bits per heavy atom. The molecule has 0 N–H and O–H groups in total. The number of thiocarbonyl (C=S) groups is 1.